The maximum atomic E-state index is 12.4. The molecule has 0 aliphatic heterocycles. The van der Waals surface area contributed by atoms with Crippen LogP contribution in [0.15, 0.2) is 65.6 Å². The monoisotopic (exact) mass is 332 g/mol. The first-order chi connectivity index (χ1) is 10.9. The molecule has 0 radical (unpaired) electrons. The van der Waals surface area contributed by atoms with Crippen molar-refractivity contribution in [3.63, 3.8) is 0 Å². The third-order valence-corrected chi connectivity index (χ3v) is 5.31. The van der Waals surface area contributed by atoms with Crippen molar-refractivity contribution in [3.8, 4) is 0 Å². The first-order valence-corrected chi connectivity index (χ1v) is 8.71. The number of nitrogens with zero attached hydrogens (tertiary/aromatic N) is 1. The van der Waals surface area contributed by atoms with Crippen LogP contribution >= 0.6 is 0 Å². The number of likely N-dealkylation sites (N-methyl/N-ethyl adjacent to an activating group) is 1. The molecule has 1 N–H and O–H groups in total. The van der Waals surface area contributed by atoms with Crippen LogP contribution in [0.25, 0.3) is 0 Å². The molecule has 0 heterocycles. The molecule has 0 fully saturated rings. The second kappa shape index (κ2) is 7.39. The molecule has 0 aromatic heterocycles. The van der Waals surface area contributed by atoms with Gasteiger partial charge in [0.2, 0.25) is 15.9 Å². The van der Waals surface area contributed by atoms with E-state index in [9.17, 15) is 13.2 Å². The highest BCUT2D eigenvalue weighted by molar-refractivity contribution is 7.89. The van der Waals surface area contributed by atoms with Crippen molar-refractivity contribution in [1.29, 1.82) is 0 Å². The number of amides is 1. The summed E-state index contributed by atoms with van der Waals surface area (Å²) in [6.07, 6.45) is 0. The fraction of sp³-hybridized carbons (Fsp3) is 0.235. The lowest BCUT2D eigenvalue weighted by atomic mass is 10.1. The van der Waals surface area contributed by atoms with E-state index in [1.165, 1.54) is 19.2 Å². The molecule has 2 aromatic carbocycles. The van der Waals surface area contributed by atoms with Crippen LogP contribution in [0.3, 0.4) is 0 Å². The average Bonchev–Trinajstić information content (AvgIpc) is 2.56. The molecule has 122 valence electrons. The fourth-order valence-electron chi connectivity index (χ4n) is 2.17. The third-order valence-electron chi connectivity index (χ3n) is 3.49. The van der Waals surface area contributed by atoms with Gasteiger partial charge in [0.05, 0.1) is 17.5 Å². The zero-order valence-corrected chi connectivity index (χ0v) is 14.0. The first kappa shape index (κ1) is 17.2. The normalized spacial score (nSPS) is 12.8. The van der Waals surface area contributed by atoms with Crippen LogP contribution in [0.1, 0.15) is 18.5 Å². The van der Waals surface area contributed by atoms with E-state index >= 15 is 0 Å². The number of hydrogen-bond acceptors (Lipinski definition) is 3. The van der Waals surface area contributed by atoms with E-state index in [1.54, 1.807) is 18.2 Å². The van der Waals surface area contributed by atoms with Crippen molar-refractivity contribution in [2.24, 2.45) is 0 Å². The van der Waals surface area contributed by atoms with E-state index in [4.69, 9.17) is 0 Å². The molecule has 2 rings (SSSR count). The largest absolute Gasteiger partial charge is 0.348 e. The lowest BCUT2D eigenvalue weighted by molar-refractivity contribution is -0.121. The van der Waals surface area contributed by atoms with Gasteiger partial charge in [-0.2, -0.15) is 4.31 Å². The summed E-state index contributed by atoms with van der Waals surface area (Å²) < 4.78 is 25.8. The van der Waals surface area contributed by atoms with E-state index in [2.05, 4.69) is 5.32 Å². The molecule has 0 aliphatic carbocycles. The van der Waals surface area contributed by atoms with Gasteiger partial charge in [0.25, 0.3) is 0 Å². The van der Waals surface area contributed by atoms with Crippen molar-refractivity contribution >= 4 is 15.9 Å². The maximum absolute atomic E-state index is 12.4. The molecule has 0 aliphatic rings. The van der Waals surface area contributed by atoms with Crippen LogP contribution in [-0.2, 0) is 14.8 Å². The van der Waals surface area contributed by atoms with Gasteiger partial charge in [0.1, 0.15) is 0 Å². The number of benzene rings is 2. The Labute approximate surface area is 137 Å². The summed E-state index contributed by atoms with van der Waals surface area (Å²) in [7, 11) is -2.26. The van der Waals surface area contributed by atoms with Crippen molar-refractivity contribution in [2.45, 2.75) is 17.9 Å². The minimum Gasteiger partial charge on any atom is -0.348 e. The summed E-state index contributed by atoms with van der Waals surface area (Å²) in [4.78, 5) is 12.3. The molecule has 6 heteroatoms. The Hall–Kier alpha value is -2.18. The van der Waals surface area contributed by atoms with Gasteiger partial charge < -0.3 is 5.32 Å². The van der Waals surface area contributed by atoms with Gasteiger partial charge in [-0.15, -0.1) is 0 Å². The summed E-state index contributed by atoms with van der Waals surface area (Å²) in [6, 6.07) is 17.4. The Kier molecular flexibility index (Phi) is 5.52. The molecule has 23 heavy (non-hydrogen) atoms. The second-order valence-corrected chi connectivity index (χ2v) is 7.32. The molecule has 1 amide bonds. The molecule has 2 aromatic rings. The average molecular weight is 332 g/mol. The highest BCUT2D eigenvalue weighted by Gasteiger charge is 2.23. The molecule has 0 saturated heterocycles. The maximum Gasteiger partial charge on any atom is 0.243 e. The summed E-state index contributed by atoms with van der Waals surface area (Å²) >= 11 is 0. The smallest absolute Gasteiger partial charge is 0.243 e. The standard InChI is InChI=1S/C17H20N2O3S/c1-14(15-9-5-3-6-10-15)18-17(20)13-19(2)23(21,22)16-11-7-4-8-12-16/h3-12,14H,13H2,1-2H3,(H,18,20)/t14-/m0/s1. The van der Waals surface area contributed by atoms with Gasteiger partial charge >= 0.3 is 0 Å². The van der Waals surface area contributed by atoms with Gasteiger partial charge in [-0.05, 0) is 24.6 Å². The van der Waals surface area contributed by atoms with Gasteiger partial charge in [0.15, 0.2) is 0 Å². The summed E-state index contributed by atoms with van der Waals surface area (Å²) in [6.45, 7) is 1.63. The number of carbonyl (C=O) groups is 1. The highest BCUT2D eigenvalue weighted by Crippen LogP contribution is 2.14. The van der Waals surface area contributed by atoms with Crippen LogP contribution in [-0.4, -0.2) is 32.2 Å². The first-order valence-electron chi connectivity index (χ1n) is 7.27. The molecular weight excluding hydrogens is 312 g/mol. The quantitative estimate of drug-likeness (QED) is 0.882. The van der Waals surface area contributed by atoms with Gasteiger partial charge in [-0.3, -0.25) is 4.79 Å². The molecule has 0 spiro atoms. The van der Waals surface area contributed by atoms with E-state index in [-0.39, 0.29) is 23.4 Å². The lowest BCUT2D eigenvalue weighted by Gasteiger charge is -2.19. The predicted octanol–water partition coefficient (Wildman–Crippen LogP) is 2.18. The predicted molar refractivity (Wildman–Crippen MR) is 89.3 cm³/mol. The Balaban J connectivity index is 2.00. The third kappa shape index (κ3) is 4.40. The van der Waals surface area contributed by atoms with Crippen molar-refractivity contribution in [1.82, 2.24) is 9.62 Å². The van der Waals surface area contributed by atoms with Crippen molar-refractivity contribution in [3.05, 3.63) is 66.2 Å². The Bertz CT molecular complexity index is 746. The number of rotatable bonds is 6. The summed E-state index contributed by atoms with van der Waals surface area (Å²) in [5.74, 6) is -0.344. The Morgan fingerprint density at radius 2 is 1.57 bits per heavy atom. The van der Waals surface area contributed by atoms with E-state index in [1.807, 2.05) is 37.3 Å². The molecule has 1 atom stereocenters. The minimum atomic E-state index is -3.66. The van der Waals surface area contributed by atoms with Crippen LogP contribution < -0.4 is 5.32 Å². The van der Waals surface area contributed by atoms with E-state index in [0.29, 0.717) is 0 Å². The lowest BCUT2D eigenvalue weighted by Crippen LogP contribution is -2.39. The second-order valence-electron chi connectivity index (χ2n) is 5.27. The zero-order chi connectivity index (χ0) is 16.9. The van der Waals surface area contributed by atoms with E-state index < -0.39 is 10.0 Å². The fourth-order valence-corrected chi connectivity index (χ4v) is 3.32. The van der Waals surface area contributed by atoms with Crippen molar-refractivity contribution in [2.75, 3.05) is 13.6 Å². The van der Waals surface area contributed by atoms with Gasteiger partial charge in [-0.1, -0.05) is 48.5 Å². The highest BCUT2D eigenvalue weighted by atomic mass is 32.2. The Morgan fingerprint density at radius 3 is 2.13 bits per heavy atom. The van der Waals surface area contributed by atoms with Crippen LogP contribution in [0.4, 0.5) is 0 Å². The van der Waals surface area contributed by atoms with Gasteiger partial charge in [0, 0.05) is 7.05 Å². The number of hydrogen-bond donors (Lipinski definition) is 1. The summed E-state index contributed by atoms with van der Waals surface area (Å²) in [5, 5.41) is 2.81. The minimum absolute atomic E-state index is 0.173. The van der Waals surface area contributed by atoms with E-state index in [0.717, 1.165) is 9.87 Å². The molecule has 0 bridgehead atoms. The van der Waals surface area contributed by atoms with Crippen molar-refractivity contribution < 1.29 is 13.2 Å². The van der Waals surface area contributed by atoms with Crippen LogP contribution in [0.2, 0.25) is 0 Å². The summed E-state index contributed by atoms with van der Waals surface area (Å²) in [5.41, 5.74) is 0.967. The molecule has 0 saturated carbocycles. The molecular formula is C17H20N2O3S. The Morgan fingerprint density at radius 1 is 1.04 bits per heavy atom. The topological polar surface area (TPSA) is 66.5 Å². The van der Waals surface area contributed by atoms with Gasteiger partial charge in [-0.25, -0.2) is 8.42 Å². The number of nitrogens with one attached hydrogen (secondary N) is 1. The number of carbonyl (C=O) groups excluding carboxylic acids is 1. The number of sulfonamides is 1. The van der Waals surface area contributed by atoms with Crippen LogP contribution in [0.5, 0.6) is 0 Å². The molecule has 5 nitrogen and oxygen atoms in total. The molecule has 0 unspecified atom stereocenters. The zero-order valence-electron chi connectivity index (χ0n) is 13.1. The van der Waals surface area contributed by atoms with Crippen LogP contribution in [0, 0.1) is 0 Å². The SMILES string of the molecule is C[C@H](NC(=O)CN(C)S(=O)(=O)c1ccccc1)c1ccccc1.